The molecule has 1 fully saturated rings. The van der Waals surface area contributed by atoms with Crippen molar-refractivity contribution >= 4 is 47.2 Å². The molecule has 4 aromatic rings. The van der Waals surface area contributed by atoms with E-state index in [1.807, 2.05) is 30.3 Å². The van der Waals surface area contributed by atoms with Crippen LogP contribution < -0.4 is 20.3 Å². The average molecular weight is 869 g/mol. The second-order valence-corrected chi connectivity index (χ2v) is 16.2. The summed E-state index contributed by atoms with van der Waals surface area (Å²) >= 11 is 0. The lowest BCUT2D eigenvalue weighted by Crippen LogP contribution is -2.61. The molecular weight excluding hydrogens is 817 g/mol. The highest BCUT2D eigenvalue weighted by atomic mass is 16.6. The molecule has 2 heterocycles. The van der Waals surface area contributed by atoms with Gasteiger partial charge in [0.25, 0.3) is 5.91 Å². The quantitative estimate of drug-likeness (QED) is 0.0591. The lowest BCUT2D eigenvalue weighted by Gasteiger charge is -2.37. The van der Waals surface area contributed by atoms with Crippen molar-refractivity contribution in [3.8, 4) is 5.75 Å². The third-order valence-electron chi connectivity index (χ3n) is 10.6. The number of anilines is 1. The summed E-state index contributed by atoms with van der Waals surface area (Å²) in [6, 6.07) is 14.2. The number of imidazole rings is 1. The summed E-state index contributed by atoms with van der Waals surface area (Å²) in [5.41, 5.74) is -1.66. The average Bonchev–Trinajstić information content (AvgIpc) is 3.96. The minimum atomic E-state index is -1.64. The van der Waals surface area contributed by atoms with Crippen molar-refractivity contribution in [2.24, 2.45) is 5.92 Å². The molecule has 3 N–H and O–H groups in total. The Hall–Kier alpha value is -7.18. The number of ether oxygens (including phenoxy) is 2. The molecular formula is C44H52N8O11. The Kier molecular flexibility index (Phi) is 15.7. The van der Waals surface area contributed by atoms with Gasteiger partial charge in [0.1, 0.15) is 48.1 Å². The summed E-state index contributed by atoms with van der Waals surface area (Å²) in [5.74, 6) is -2.79. The van der Waals surface area contributed by atoms with E-state index in [1.54, 1.807) is 58.9 Å². The molecule has 0 bridgehead atoms. The minimum Gasteiger partial charge on any atom is -0.489 e. The van der Waals surface area contributed by atoms with E-state index in [9.17, 15) is 39.4 Å². The summed E-state index contributed by atoms with van der Waals surface area (Å²) < 4.78 is 11.4. The van der Waals surface area contributed by atoms with Crippen molar-refractivity contribution in [3.05, 3.63) is 122 Å². The van der Waals surface area contributed by atoms with Gasteiger partial charge < -0.3 is 34.8 Å². The maximum absolute atomic E-state index is 15.4. The van der Waals surface area contributed by atoms with Crippen LogP contribution in [0.5, 0.6) is 5.75 Å². The summed E-state index contributed by atoms with van der Waals surface area (Å²) in [6.45, 7) is 8.77. The van der Waals surface area contributed by atoms with Gasteiger partial charge in [-0.3, -0.25) is 39.5 Å². The number of benzene rings is 3. The first-order valence-electron chi connectivity index (χ1n) is 20.5. The summed E-state index contributed by atoms with van der Waals surface area (Å²) in [7, 11) is 0. The number of H-pyrrole nitrogens is 1. The van der Waals surface area contributed by atoms with Gasteiger partial charge in [0.05, 0.1) is 22.2 Å². The zero-order valence-electron chi connectivity index (χ0n) is 35.7. The Morgan fingerprint density at radius 3 is 2.29 bits per heavy atom. The largest absolute Gasteiger partial charge is 0.489 e. The van der Waals surface area contributed by atoms with Crippen LogP contribution >= 0.6 is 0 Å². The van der Waals surface area contributed by atoms with Crippen molar-refractivity contribution in [1.29, 1.82) is 0 Å². The molecule has 63 heavy (non-hydrogen) atoms. The van der Waals surface area contributed by atoms with Crippen LogP contribution in [-0.2, 0) is 43.4 Å². The summed E-state index contributed by atoms with van der Waals surface area (Å²) in [4.78, 5) is 102. The van der Waals surface area contributed by atoms with E-state index < -0.39 is 86.4 Å². The van der Waals surface area contributed by atoms with E-state index in [1.165, 1.54) is 17.4 Å². The van der Waals surface area contributed by atoms with Gasteiger partial charge in [-0.15, -0.1) is 0 Å². The number of hydrogen-bond donors (Lipinski definition) is 3. The van der Waals surface area contributed by atoms with Crippen LogP contribution in [0.4, 0.5) is 21.9 Å². The molecule has 5 rings (SSSR count). The maximum Gasteiger partial charge on any atom is 0.408 e. The Bertz CT molecular complexity index is 2250. The van der Waals surface area contributed by atoms with Crippen molar-refractivity contribution in [3.63, 3.8) is 0 Å². The number of aromatic nitrogens is 2. The molecule has 334 valence electrons. The topological polar surface area (TPSA) is 249 Å². The van der Waals surface area contributed by atoms with Gasteiger partial charge in [-0.1, -0.05) is 68.8 Å². The number of nitrogens with zero attached hydrogens (tertiary/aromatic N) is 5. The Labute approximate surface area is 363 Å². The van der Waals surface area contributed by atoms with Gasteiger partial charge in [0.2, 0.25) is 11.8 Å². The third-order valence-corrected chi connectivity index (χ3v) is 10.6. The van der Waals surface area contributed by atoms with Crippen LogP contribution in [0.1, 0.15) is 70.7 Å². The molecule has 4 amide bonds. The fraction of sp³-hybridized carbons (Fsp3) is 0.409. The third kappa shape index (κ3) is 12.2. The van der Waals surface area contributed by atoms with Crippen LogP contribution in [-0.4, -0.2) is 91.1 Å². The number of nitro benzene ring substituents is 2. The Morgan fingerprint density at radius 2 is 1.68 bits per heavy atom. The molecule has 1 aliphatic heterocycles. The van der Waals surface area contributed by atoms with E-state index in [4.69, 9.17) is 9.47 Å². The number of nitrogens with one attached hydrogen (secondary N) is 3. The zero-order chi connectivity index (χ0) is 45.8. The number of likely N-dealkylation sites (tertiary alicyclic amines) is 1. The van der Waals surface area contributed by atoms with E-state index >= 15 is 4.79 Å². The lowest BCUT2D eigenvalue weighted by molar-refractivity contribution is -0.422. The first kappa shape index (κ1) is 46.9. The highest BCUT2D eigenvalue weighted by molar-refractivity contribution is 6.07. The van der Waals surface area contributed by atoms with Gasteiger partial charge in [-0.25, -0.2) is 9.78 Å². The maximum atomic E-state index is 15.4. The highest BCUT2D eigenvalue weighted by Gasteiger charge is 2.46. The van der Waals surface area contributed by atoms with Crippen LogP contribution in [0.2, 0.25) is 0 Å². The van der Waals surface area contributed by atoms with E-state index in [0.29, 0.717) is 42.7 Å². The Balaban J connectivity index is 1.57. The molecule has 0 radical (unpaired) electrons. The monoisotopic (exact) mass is 868 g/mol. The predicted octanol–water partition coefficient (Wildman–Crippen LogP) is 5.61. The van der Waals surface area contributed by atoms with Crippen molar-refractivity contribution < 1.29 is 43.3 Å². The van der Waals surface area contributed by atoms with Gasteiger partial charge >= 0.3 is 17.5 Å². The fourth-order valence-electron chi connectivity index (χ4n) is 7.23. The standard InChI is InChI=1S/C44H52N8O11/c1-6-28(2)38(48-40(54)34(47-43(57)63-44(3,4)5)22-29-17-19-33(20-18-29)62-26-30-12-8-7-9-13-30)42(56)50(35-15-10-16-36(51(58)59)39(35)52(60)61)37(23-31-24-45-27-46-31)41(55)49-21-11-14-32(49)25-53/h7-10,12-13,15-20,24-25,27-28,32,34,37-38H,6,11,14,21-23,26H2,1-5H3,(H,45,46)(H,47,57)(H,48,54)/t28-,32-,34-,37-,38-/m0/s1. The first-order chi connectivity index (χ1) is 30.0. The molecule has 0 aliphatic carbocycles. The van der Waals surface area contributed by atoms with Crippen molar-refractivity contribution in [2.45, 2.75) is 103 Å². The molecule has 0 saturated carbocycles. The molecule has 0 unspecified atom stereocenters. The minimum absolute atomic E-state index is 0.0888. The molecule has 19 heteroatoms. The number of para-hydroxylation sites is 1. The number of amides is 4. The molecule has 5 atom stereocenters. The molecule has 3 aromatic carbocycles. The molecule has 1 aliphatic rings. The van der Waals surface area contributed by atoms with E-state index in [0.717, 1.165) is 28.7 Å². The van der Waals surface area contributed by atoms with Gasteiger partial charge in [-0.05, 0) is 68.9 Å². The van der Waals surface area contributed by atoms with Crippen LogP contribution in [0.3, 0.4) is 0 Å². The molecule has 0 spiro atoms. The van der Waals surface area contributed by atoms with E-state index in [-0.39, 0.29) is 25.8 Å². The van der Waals surface area contributed by atoms with Crippen molar-refractivity contribution in [1.82, 2.24) is 25.5 Å². The zero-order valence-corrected chi connectivity index (χ0v) is 35.7. The summed E-state index contributed by atoms with van der Waals surface area (Å²) in [5, 5.41) is 30.3. The SMILES string of the molecule is CC[C@H](C)[C@H](NC(=O)[C@H](Cc1ccc(OCc2ccccc2)cc1)NC(=O)OC(C)(C)C)C(=O)N(c1cccc([N+](=O)[O-])c1[N+](=O)[O-])[C@@H](Cc1cnc[nH]1)C(=O)N1CCC[C@H]1C=O. The number of carbonyl (C=O) groups is 5. The smallest absolute Gasteiger partial charge is 0.408 e. The number of aldehydes is 1. The first-order valence-corrected chi connectivity index (χ1v) is 20.5. The van der Waals surface area contributed by atoms with Gasteiger partial charge in [0, 0.05) is 37.3 Å². The van der Waals surface area contributed by atoms with Crippen molar-refractivity contribution in [2.75, 3.05) is 11.4 Å². The normalized spacial score (nSPS) is 15.6. The number of nitro groups is 2. The van der Waals surface area contributed by atoms with Gasteiger partial charge in [-0.2, -0.15) is 0 Å². The molecule has 19 nitrogen and oxygen atoms in total. The second kappa shape index (κ2) is 21.1. The second-order valence-electron chi connectivity index (χ2n) is 16.2. The molecule has 1 saturated heterocycles. The highest BCUT2D eigenvalue weighted by Crippen LogP contribution is 2.39. The van der Waals surface area contributed by atoms with Crippen LogP contribution in [0.25, 0.3) is 0 Å². The number of alkyl carbamates (subject to hydrolysis) is 1. The van der Waals surface area contributed by atoms with Crippen LogP contribution in [0, 0.1) is 26.1 Å². The fourth-order valence-corrected chi connectivity index (χ4v) is 7.23. The number of rotatable bonds is 19. The number of hydrogen-bond acceptors (Lipinski definition) is 12. The van der Waals surface area contributed by atoms with E-state index in [2.05, 4.69) is 20.6 Å². The number of carbonyl (C=O) groups excluding carboxylic acids is 5. The lowest BCUT2D eigenvalue weighted by atomic mass is 9.94. The number of aromatic amines is 1. The van der Waals surface area contributed by atoms with Gasteiger partial charge in [0.15, 0.2) is 0 Å². The predicted molar refractivity (Wildman–Crippen MR) is 230 cm³/mol. The Morgan fingerprint density at radius 1 is 0.968 bits per heavy atom. The summed E-state index contributed by atoms with van der Waals surface area (Å²) in [6.07, 6.45) is 3.03. The van der Waals surface area contributed by atoms with Crippen LogP contribution in [0.15, 0.2) is 85.3 Å². The molecule has 1 aromatic heterocycles.